The predicted octanol–water partition coefficient (Wildman–Crippen LogP) is 2.86. The molecule has 0 aliphatic carbocycles. The number of aliphatic imine (C=N–C) groups is 1. The van der Waals surface area contributed by atoms with Gasteiger partial charge in [0, 0.05) is 43.8 Å². The van der Waals surface area contributed by atoms with Crippen molar-refractivity contribution in [1.29, 1.82) is 0 Å². The number of piperidine rings is 1. The monoisotopic (exact) mass is 427 g/mol. The summed E-state index contributed by atoms with van der Waals surface area (Å²) < 4.78 is 37.8. The van der Waals surface area contributed by atoms with Crippen LogP contribution in [0.15, 0.2) is 29.3 Å². The van der Waals surface area contributed by atoms with E-state index in [-0.39, 0.29) is 5.56 Å². The third kappa shape index (κ3) is 7.51. The Morgan fingerprint density at radius 1 is 1.17 bits per heavy atom. The van der Waals surface area contributed by atoms with Crippen LogP contribution < -0.4 is 16.0 Å². The van der Waals surface area contributed by atoms with Gasteiger partial charge in [-0.25, -0.2) is 0 Å². The van der Waals surface area contributed by atoms with Gasteiger partial charge in [-0.15, -0.1) is 0 Å². The number of guanidine groups is 1. The number of hydrogen-bond acceptors (Lipinski definition) is 3. The summed E-state index contributed by atoms with van der Waals surface area (Å²) in [7, 11) is 0. The number of carbonyl (C=O) groups excluding carboxylic acids is 1. The number of nitrogens with zero attached hydrogens (tertiary/aromatic N) is 2. The minimum absolute atomic E-state index is 0.189. The highest BCUT2D eigenvalue weighted by Crippen LogP contribution is 2.29. The van der Waals surface area contributed by atoms with E-state index in [4.69, 9.17) is 0 Å². The molecule has 1 aliphatic heterocycles. The zero-order valence-electron chi connectivity index (χ0n) is 17.9. The molecule has 1 saturated heterocycles. The first-order valence-electron chi connectivity index (χ1n) is 10.4. The SMILES string of the molecule is CCNC(=NCCNC(=O)c1ccc(C(F)(F)F)cc1)NC1CCN(C(C)C)CC1. The van der Waals surface area contributed by atoms with Gasteiger partial charge in [0.1, 0.15) is 0 Å². The van der Waals surface area contributed by atoms with Crippen LogP contribution in [0.2, 0.25) is 0 Å². The molecule has 1 amide bonds. The van der Waals surface area contributed by atoms with Crippen LogP contribution in [0.3, 0.4) is 0 Å². The Kier molecular flexibility index (Phi) is 8.95. The highest BCUT2D eigenvalue weighted by atomic mass is 19.4. The Morgan fingerprint density at radius 3 is 2.33 bits per heavy atom. The van der Waals surface area contributed by atoms with Gasteiger partial charge < -0.3 is 20.9 Å². The van der Waals surface area contributed by atoms with Gasteiger partial charge in [-0.2, -0.15) is 13.2 Å². The van der Waals surface area contributed by atoms with E-state index in [1.807, 2.05) is 6.92 Å². The molecule has 0 saturated carbocycles. The molecule has 168 valence electrons. The first-order chi connectivity index (χ1) is 14.2. The summed E-state index contributed by atoms with van der Waals surface area (Å²) >= 11 is 0. The van der Waals surface area contributed by atoms with Crippen LogP contribution in [-0.2, 0) is 6.18 Å². The van der Waals surface area contributed by atoms with Crippen molar-refractivity contribution in [3.05, 3.63) is 35.4 Å². The molecule has 0 unspecified atom stereocenters. The van der Waals surface area contributed by atoms with Crippen molar-refractivity contribution in [3.63, 3.8) is 0 Å². The number of rotatable bonds is 7. The molecule has 30 heavy (non-hydrogen) atoms. The fraction of sp³-hybridized carbons (Fsp3) is 0.619. The number of hydrogen-bond donors (Lipinski definition) is 3. The largest absolute Gasteiger partial charge is 0.416 e. The number of halogens is 3. The standard InChI is InChI=1S/C21H32F3N5O/c1-4-25-20(28-18-9-13-29(14-10-18)15(2)3)27-12-11-26-19(30)16-5-7-17(8-6-16)21(22,23)24/h5-8,15,18H,4,9-14H2,1-3H3,(H,26,30)(H2,25,27,28). The van der Waals surface area contributed by atoms with Crippen LogP contribution in [0.1, 0.15) is 49.5 Å². The Hall–Kier alpha value is -2.29. The van der Waals surface area contributed by atoms with Crippen molar-refractivity contribution < 1.29 is 18.0 Å². The molecule has 0 atom stereocenters. The van der Waals surface area contributed by atoms with E-state index in [0.717, 1.165) is 44.6 Å². The third-order valence-electron chi connectivity index (χ3n) is 5.09. The number of carbonyl (C=O) groups is 1. The molecule has 9 heteroatoms. The molecule has 0 bridgehead atoms. The van der Waals surface area contributed by atoms with E-state index < -0.39 is 17.6 Å². The topological polar surface area (TPSA) is 68.8 Å². The molecule has 0 radical (unpaired) electrons. The number of amides is 1. The summed E-state index contributed by atoms with van der Waals surface area (Å²) in [6, 6.07) is 5.09. The molecule has 1 heterocycles. The Labute approximate surface area is 176 Å². The summed E-state index contributed by atoms with van der Waals surface area (Å²) in [5.74, 6) is 0.294. The predicted molar refractivity (Wildman–Crippen MR) is 113 cm³/mol. The average Bonchev–Trinajstić information content (AvgIpc) is 2.71. The maximum atomic E-state index is 12.6. The van der Waals surface area contributed by atoms with Crippen molar-refractivity contribution >= 4 is 11.9 Å². The first kappa shape index (κ1) is 24.0. The second kappa shape index (κ2) is 11.2. The van der Waals surface area contributed by atoms with Crippen LogP contribution in [0, 0.1) is 0 Å². The van der Waals surface area contributed by atoms with E-state index in [9.17, 15) is 18.0 Å². The first-order valence-corrected chi connectivity index (χ1v) is 10.4. The molecule has 1 aromatic rings. The van der Waals surface area contributed by atoms with Gasteiger partial charge >= 0.3 is 6.18 Å². The molecule has 0 aromatic heterocycles. The van der Waals surface area contributed by atoms with Crippen LogP contribution in [0.4, 0.5) is 13.2 Å². The van der Waals surface area contributed by atoms with Gasteiger partial charge in [0.25, 0.3) is 5.91 Å². The lowest BCUT2D eigenvalue weighted by atomic mass is 10.0. The van der Waals surface area contributed by atoms with Crippen LogP contribution in [0.5, 0.6) is 0 Å². The zero-order chi connectivity index (χ0) is 22.1. The summed E-state index contributed by atoms with van der Waals surface area (Å²) in [5, 5.41) is 9.35. The second-order valence-corrected chi connectivity index (χ2v) is 7.64. The normalized spacial score (nSPS) is 16.6. The third-order valence-corrected chi connectivity index (χ3v) is 5.09. The van der Waals surface area contributed by atoms with E-state index in [1.54, 1.807) is 0 Å². The smallest absolute Gasteiger partial charge is 0.357 e. The Balaban J connectivity index is 1.79. The lowest BCUT2D eigenvalue weighted by molar-refractivity contribution is -0.137. The molecule has 3 N–H and O–H groups in total. The van der Waals surface area contributed by atoms with Gasteiger partial charge in [0.05, 0.1) is 12.1 Å². The summed E-state index contributed by atoms with van der Waals surface area (Å²) in [4.78, 5) is 19.1. The number of nitrogens with one attached hydrogen (secondary N) is 3. The number of likely N-dealkylation sites (tertiary alicyclic amines) is 1. The fourth-order valence-corrected chi connectivity index (χ4v) is 3.32. The van der Waals surface area contributed by atoms with Crippen LogP contribution in [-0.4, -0.2) is 61.6 Å². The van der Waals surface area contributed by atoms with Crippen LogP contribution in [0.25, 0.3) is 0 Å². The molecular weight excluding hydrogens is 395 g/mol. The average molecular weight is 428 g/mol. The molecule has 2 rings (SSSR count). The van der Waals surface area contributed by atoms with Gasteiger partial charge in [0.2, 0.25) is 0 Å². The minimum atomic E-state index is -4.41. The number of alkyl halides is 3. The van der Waals surface area contributed by atoms with E-state index in [2.05, 4.69) is 39.7 Å². The summed E-state index contributed by atoms with van der Waals surface area (Å²) in [5.41, 5.74) is -0.585. The van der Waals surface area contributed by atoms with E-state index in [0.29, 0.717) is 31.1 Å². The molecule has 1 fully saturated rings. The lowest BCUT2D eigenvalue weighted by Crippen LogP contribution is -2.50. The van der Waals surface area contributed by atoms with Crippen LogP contribution >= 0.6 is 0 Å². The van der Waals surface area contributed by atoms with Crippen molar-refractivity contribution in [2.45, 2.75) is 51.9 Å². The van der Waals surface area contributed by atoms with E-state index in [1.165, 1.54) is 12.1 Å². The minimum Gasteiger partial charge on any atom is -0.357 e. The quantitative estimate of drug-likeness (QED) is 0.356. The number of benzene rings is 1. The van der Waals surface area contributed by atoms with E-state index >= 15 is 0 Å². The van der Waals surface area contributed by atoms with Gasteiger partial charge in [-0.05, 0) is 57.9 Å². The van der Waals surface area contributed by atoms with Gasteiger partial charge in [0.15, 0.2) is 5.96 Å². The molecule has 1 aliphatic rings. The Morgan fingerprint density at radius 2 is 1.80 bits per heavy atom. The van der Waals surface area contributed by atoms with Crippen molar-refractivity contribution in [2.24, 2.45) is 4.99 Å². The van der Waals surface area contributed by atoms with Crippen molar-refractivity contribution in [1.82, 2.24) is 20.9 Å². The summed E-state index contributed by atoms with van der Waals surface area (Å²) in [6.45, 7) is 9.90. The Bertz CT molecular complexity index is 696. The van der Waals surface area contributed by atoms with Gasteiger partial charge in [-0.3, -0.25) is 9.79 Å². The second-order valence-electron chi connectivity index (χ2n) is 7.64. The fourth-order valence-electron chi connectivity index (χ4n) is 3.32. The zero-order valence-corrected chi connectivity index (χ0v) is 17.9. The highest BCUT2D eigenvalue weighted by molar-refractivity contribution is 5.94. The highest BCUT2D eigenvalue weighted by Gasteiger charge is 2.30. The van der Waals surface area contributed by atoms with Crippen molar-refractivity contribution in [2.75, 3.05) is 32.7 Å². The molecular formula is C21H32F3N5O. The maximum Gasteiger partial charge on any atom is 0.416 e. The molecule has 1 aromatic carbocycles. The summed E-state index contributed by atoms with van der Waals surface area (Å²) in [6.07, 6.45) is -2.31. The lowest BCUT2D eigenvalue weighted by Gasteiger charge is -2.35. The maximum absolute atomic E-state index is 12.6. The van der Waals surface area contributed by atoms with Crippen molar-refractivity contribution in [3.8, 4) is 0 Å². The molecule has 6 nitrogen and oxygen atoms in total. The molecule has 0 spiro atoms. The van der Waals surface area contributed by atoms with Gasteiger partial charge in [-0.1, -0.05) is 0 Å².